The molecule has 3 heterocycles. The number of carbonyl (C=O) groups excluding carboxylic acids is 1. The third-order valence-corrected chi connectivity index (χ3v) is 6.47. The maximum absolute atomic E-state index is 13.6. The summed E-state index contributed by atoms with van der Waals surface area (Å²) in [6.45, 7) is 2.20. The lowest BCUT2D eigenvalue weighted by atomic mass is 10.1. The van der Waals surface area contributed by atoms with Crippen LogP contribution in [0.25, 0.3) is 17.1 Å². The van der Waals surface area contributed by atoms with Gasteiger partial charge >= 0.3 is 0 Å². The molecule has 2 aromatic heterocycles. The van der Waals surface area contributed by atoms with Crippen molar-refractivity contribution in [3.05, 3.63) is 94.5 Å². The molecule has 1 amide bonds. The van der Waals surface area contributed by atoms with Crippen LogP contribution in [0.2, 0.25) is 0 Å². The maximum atomic E-state index is 13.6. The van der Waals surface area contributed by atoms with Crippen LogP contribution in [-0.4, -0.2) is 38.2 Å². The molecule has 0 aliphatic carbocycles. The maximum Gasteiger partial charge on any atom is 0.253 e. The molecule has 2 atom stereocenters. The van der Waals surface area contributed by atoms with Gasteiger partial charge in [0.25, 0.3) is 5.91 Å². The number of rotatable bonds is 6. The second-order valence-corrected chi connectivity index (χ2v) is 9.29. The molecule has 2 N–H and O–H groups in total. The molecule has 1 fully saturated rings. The molecular weight excluding hydrogens is 513 g/mol. The second-order valence-electron chi connectivity index (χ2n) is 8.37. The predicted octanol–water partition coefficient (Wildman–Crippen LogP) is 4.91. The van der Waals surface area contributed by atoms with Gasteiger partial charge in [0.1, 0.15) is 17.6 Å². The summed E-state index contributed by atoms with van der Waals surface area (Å²) in [5.41, 5.74) is 10.1. The lowest BCUT2D eigenvalue weighted by Gasteiger charge is -2.23. The summed E-state index contributed by atoms with van der Waals surface area (Å²) in [7, 11) is 0. The number of hydrogen-bond acceptors (Lipinski definition) is 5. The summed E-state index contributed by atoms with van der Waals surface area (Å²) >= 11 is 3.45. The van der Waals surface area contributed by atoms with Gasteiger partial charge in [0.05, 0.1) is 17.6 Å². The van der Waals surface area contributed by atoms with E-state index < -0.39 is 18.1 Å². The first-order valence-electron chi connectivity index (χ1n) is 11.2. The Morgan fingerprint density at radius 3 is 2.51 bits per heavy atom. The summed E-state index contributed by atoms with van der Waals surface area (Å²) in [5, 5.41) is 4.75. The van der Waals surface area contributed by atoms with Crippen molar-refractivity contribution in [2.24, 2.45) is 0 Å². The largest absolute Gasteiger partial charge is 0.399 e. The van der Waals surface area contributed by atoms with Crippen molar-refractivity contribution in [3.8, 4) is 17.1 Å². The van der Waals surface area contributed by atoms with E-state index in [0.29, 0.717) is 35.6 Å². The van der Waals surface area contributed by atoms with Crippen LogP contribution >= 0.6 is 15.9 Å². The number of nitrogens with zero attached hydrogens (tertiary/aromatic N) is 4. The third-order valence-electron chi connectivity index (χ3n) is 5.94. The molecular formula is C26H23BrFN5O2. The SMILES string of the molecule is C[C@H]1O[C@@H](c2cn(-c3ccc(Br)cc3)nc2-c2ccc(F)cn2)N(CCc2ccc(N)cc2)C1=O. The number of amides is 1. The number of halogens is 2. The first kappa shape index (κ1) is 23.2. The molecule has 7 nitrogen and oxygen atoms in total. The third kappa shape index (κ3) is 4.82. The Morgan fingerprint density at radius 2 is 1.83 bits per heavy atom. The first-order chi connectivity index (χ1) is 16.9. The summed E-state index contributed by atoms with van der Waals surface area (Å²) in [6, 6.07) is 18.2. The average molecular weight is 536 g/mol. The number of carbonyl (C=O) groups is 1. The van der Waals surface area contributed by atoms with Gasteiger partial charge in [-0.15, -0.1) is 0 Å². The van der Waals surface area contributed by atoms with Crippen molar-refractivity contribution in [2.75, 3.05) is 12.3 Å². The Hall–Kier alpha value is -3.56. The minimum atomic E-state index is -0.655. The first-order valence-corrected chi connectivity index (χ1v) is 12.0. The molecule has 0 spiro atoms. The summed E-state index contributed by atoms with van der Waals surface area (Å²) in [4.78, 5) is 19.0. The van der Waals surface area contributed by atoms with Crippen LogP contribution in [0.15, 0.2) is 77.5 Å². The molecule has 5 rings (SSSR count). The van der Waals surface area contributed by atoms with Gasteiger partial charge in [-0.05, 0) is 67.4 Å². The highest BCUT2D eigenvalue weighted by Crippen LogP contribution is 2.37. The van der Waals surface area contributed by atoms with E-state index in [1.54, 1.807) is 22.6 Å². The lowest BCUT2D eigenvalue weighted by molar-refractivity contribution is -0.130. The van der Waals surface area contributed by atoms with Gasteiger partial charge in [0.2, 0.25) is 0 Å². The smallest absolute Gasteiger partial charge is 0.253 e. The standard InChI is InChI=1S/C26H23BrFN5O2/c1-16-25(34)32(13-12-17-2-7-20(29)8-3-17)26(35-16)22-15-33(21-9-4-18(27)5-10-21)31-24(22)23-11-6-19(28)14-30-23/h2-11,14-16,26H,12-13,29H2,1H3/t16-,26+/m1/s1. The van der Waals surface area contributed by atoms with E-state index in [9.17, 15) is 9.18 Å². The Kier molecular flexibility index (Phi) is 6.36. The van der Waals surface area contributed by atoms with Gasteiger partial charge in [-0.3, -0.25) is 9.78 Å². The zero-order valence-electron chi connectivity index (χ0n) is 18.9. The predicted molar refractivity (Wildman–Crippen MR) is 134 cm³/mol. The van der Waals surface area contributed by atoms with Gasteiger partial charge in [-0.2, -0.15) is 5.10 Å². The number of aromatic nitrogens is 3. The Bertz CT molecular complexity index is 1340. The number of hydrogen-bond donors (Lipinski definition) is 1. The lowest BCUT2D eigenvalue weighted by Crippen LogP contribution is -2.32. The molecule has 2 aromatic carbocycles. The quantitative estimate of drug-likeness (QED) is 0.354. The van der Waals surface area contributed by atoms with Gasteiger partial charge in [0.15, 0.2) is 6.23 Å². The molecule has 35 heavy (non-hydrogen) atoms. The Labute approximate surface area is 210 Å². The number of benzene rings is 2. The van der Waals surface area contributed by atoms with Crippen LogP contribution in [0.4, 0.5) is 10.1 Å². The van der Waals surface area contributed by atoms with Crippen molar-refractivity contribution in [1.82, 2.24) is 19.7 Å². The Balaban J connectivity index is 1.53. The minimum absolute atomic E-state index is 0.0974. The van der Waals surface area contributed by atoms with Crippen molar-refractivity contribution < 1.29 is 13.9 Å². The normalized spacial score (nSPS) is 17.8. The van der Waals surface area contributed by atoms with Gasteiger partial charge in [-0.25, -0.2) is 9.07 Å². The fourth-order valence-electron chi connectivity index (χ4n) is 4.09. The number of ether oxygens (including phenoxy) is 1. The van der Waals surface area contributed by atoms with Crippen molar-refractivity contribution in [1.29, 1.82) is 0 Å². The zero-order valence-corrected chi connectivity index (χ0v) is 20.5. The van der Waals surface area contributed by atoms with Crippen LogP contribution in [0.3, 0.4) is 0 Å². The zero-order chi connectivity index (χ0) is 24.5. The molecule has 9 heteroatoms. The molecule has 1 saturated heterocycles. The summed E-state index contributed by atoms with van der Waals surface area (Å²) in [6.07, 6.45) is 2.38. The molecule has 0 unspecified atom stereocenters. The van der Waals surface area contributed by atoms with E-state index in [-0.39, 0.29) is 5.91 Å². The molecule has 0 saturated carbocycles. The fourth-order valence-corrected chi connectivity index (χ4v) is 4.35. The molecule has 4 aromatic rings. The monoisotopic (exact) mass is 535 g/mol. The van der Waals surface area contributed by atoms with Crippen molar-refractivity contribution >= 4 is 27.5 Å². The molecule has 178 valence electrons. The van der Waals surface area contributed by atoms with Gasteiger partial charge in [0, 0.05) is 28.5 Å². The van der Waals surface area contributed by atoms with Crippen LogP contribution in [0.5, 0.6) is 0 Å². The van der Waals surface area contributed by atoms with Gasteiger partial charge in [-0.1, -0.05) is 28.1 Å². The van der Waals surface area contributed by atoms with Crippen LogP contribution in [0.1, 0.15) is 24.3 Å². The fraction of sp³-hybridized carbons (Fsp3) is 0.192. The second kappa shape index (κ2) is 9.59. The van der Waals surface area contributed by atoms with E-state index in [0.717, 1.165) is 21.9 Å². The van der Waals surface area contributed by atoms with E-state index in [4.69, 9.17) is 15.6 Å². The van der Waals surface area contributed by atoms with E-state index in [2.05, 4.69) is 20.9 Å². The van der Waals surface area contributed by atoms with Gasteiger partial charge < -0.3 is 15.4 Å². The number of anilines is 1. The summed E-state index contributed by atoms with van der Waals surface area (Å²) < 4.78 is 22.4. The number of pyridine rings is 1. The van der Waals surface area contributed by atoms with E-state index >= 15 is 0 Å². The highest BCUT2D eigenvalue weighted by Gasteiger charge is 2.40. The minimum Gasteiger partial charge on any atom is -0.399 e. The van der Waals surface area contributed by atoms with E-state index in [1.165, 1.54) is 6.07 Å². The van der Waals surface area contributed by atoms with Crippen LogP contribution in [0, 0.1) is 5.82 Å². The summed E-state index contributed by atoms with van der Waals surface area (Å²) in [5.74, 6) is -0.534. The number of nitrogens with two attached hydrogens (primary N) is 1. The molecule has 0 bridgehead atoms. The molecule has 1 aliphatic rings. The van der Waals surface area contributed by atoms with Crippen LogP contribution in [-0.2, 0) is 16.0 Å². The Morgan fingerprint density at radius 1 is 1.09 bits per heavy atom. The highest BCUT2D eigenvalue weighted by molar-refractivity contribution is 9.10. The topological polar surface area (TPSA) is 86.3 Å². The van der Waals surface area contributed by atoms with E-state index in [1.807, 2.05) is 54.7 Å². The molecule has 1 aliphatic heterocycles. The highest BCUT2D eigenvalue weighted by atomic mass is 79.9. The van der Waals surface area contributed by atoms with Crippen molar-refractivity contribution in [3.63, 3.8) is 0 Å². The van der Waals surface area contributed by atoms with Crippen LogP contribution < -0.4 is 5.73 Å². The molecule has 0 radical (unpaired) electrons. The average Bonchev–Trinajstić information content (AvgIpc) is 3.41. The van der Waals surface area contributed by atoms with Crippen molar-refractivity contribution in [2.45, 2.75) is 25.7 Å². The number of nitrogen functional groups attached to an aromatic ring is 1.